The van der Waals surface area contributed by atoms with Crippen LogP contribution in [0.2, 0.25) is 0 Å². The molecule has 1 aliphatic rings. The lowest BCUT2D eigenvalue weighted by molar-refractivity contribution is 0.628. The molecule has 1 aliphatic heterocycles. The summed E-state index contributed by atoms with van der Waals surface area (Å²) in [4.78, 5) is 0. The van der Waals surface area contributed by atoms with Crippen molar-refractivity contribution in [3.05, 3.63) is 64.4 Å². The predicted molar refractivity (Wildman–Crippen MR) is 92.2 cm³/mol. The third kappa shape index (κ3) is 2.82. The SMILES string of the molecule is Fc1ccc(-c2nnc3n2N=C(c2ccc(Br)cc2)CS3)cc1. The van der Waals surface area contributed by atoms with E-state index in [-0.39, 0.29) is 5.82 Å². The minimum atomic E-state index is -0.277. The van der Waals surface area contributed by atoms with Crippen LogP contribution in [0.15, 0.2) is 63.3 Å². The summed E-state index contributed by atoms with van der Waals surface area (Å²) in [6.07, 6.45) is 0. The van der Waals surface area contributed by atoms with Gasteiger partial charge in [-0.15, -0.1) is 10.2 Å². The van der Waals surface area contributed by atoms with Crippen molar-refractivity contribution in [3.63, 3.8) is 0 Å². The Bertz CT molecular complexity index is 887. The van der Waals surface area contributed by atoms with Crippen molar-refractivity contribution in [1.82, 2.24) is 14.9 Å². The third-order valence-corrected chi connectivity index (χ3v) is 4.91. The molecule has 0 saturated carbocycles. The summed E-state index contributed by atoms with van der Waals surface area (Å²) in [5.74, 6) is 1.07. The van der Waals surface area contributed by atoms with Gasteiger partial charge in [-0.25, -0.2) is 4.39 Å². The Kier molecular flexibility index (Phi) is 3.74. The highest BCUT2D eigenvalue weighted by Gasteiger charge is 2.20. The normalized spacial score (nSPS) is 13.6. The molecule has 0 spiro atoms. The van der Waals surface area contributed by atoms with E-state index < -0.39 is 0 Å². The lowest BCUT2D eigenvalue weighted by atomic mass is 10.1. The van der Waals surface area contributed by atoms with Crippen LogP contribution >= 0.6 is 27.7 Å². The molecule has 1 aromatic heterocycles. The molecule has 0 N–H and O–H groups in total. The number of thioether (sulfide) groups is 1. The van der Waals surface area contributed by atoms with E-state index in [1.165, 1.54) is 12.1 Å². The summed E-state index contributed by atoms with van der Waals surface area (Å²) in [5.41, 5.74) is 2.80. The van der Waals surface area contributed by atoms with Gasteiger partial charge in [-0.1, -0.05) is 39.8 Å². The van der Waals surface area contributed by atoms with Gasteiger partial charge in [0.1, 0.15) is 5.82 Å². The van der Waals surface area contributed by atoms with E-state index in [0.29, 0.717) is 5.82 Å². The highest BCUT2D eigenvalue weighted by atomic mass is 79.9. The zero-order chi connectivity index (χ0) is 15.8. The maximum Gasteiger partial charge on any atom is 0.212 e. The van der Waals surface area contributed by atoms with Crippen LogP contribution < -0.4 is 0 Å². The number of benzene rings is 2. The molecule has 0 radical (unpaired) electrons. The van der Waals surface area contributed by atoms with E-state index in [1.807, 2.05) is 24.3 Å². The number of fused-ring (bicyclic) bond motifs is 1. The van der Waals surface area contributed by atoms with E-state index in [2.05, 4.69) is 31.2 Å². The Morgan fingerprint density at radius 1 is 0.957 bits per heavy atom. The molecule has 0 unspecified atom stereocenters. The second kappa shape index (κ2) is 5.90. The first-order valence-electron chi connectivity index (χ1n) is 6.89. The Morgan fingerprint density at radius 3 is 2.39 bits per heavy atom. The molecule has 114 valence electrons. The molecular formula is C16H10BrFN4S. The molecule has 2 heterocycles. The van der Waals surface area contributed by atoms with Gasteiger partial charge in [-0.05, 0) is 42.0 Å². The maximum absolute atomic E-state index is 13.1. The molecule has 0 amide bonds. The first-order valence-corrected chi connectivity index (χ1v) is 8.66. The van der Waals surface area contributed by atoms with Gasteiger partial charge in [-0.3, -0.25) is 0 Å². The van der Waals surface area contributed by atoms with Gasteiger partial charge in [0.05, 0.1) is 5.71 Å². The van der Waals surface area contributed by atoms with Gasteiger partial charge in [0.15, 0.2) is 5.82 Å². The molecule has 7 heteroatoms. The highest BCUT2D eigenvalue weighted by molar-refractivity contribution is 9.10. The van der Waals surface area contributed by atoms with Crippen LogP contribution in [0.25, 0.3) is 11.4 Å². The van der Waals surface area contributed by atoms with Crippen molar-refractivity contribution in [3.8, 4) is 11.4 Å². The van der Waals surface area contributed by atoms with Gasteiger partial charge in [0, 0.05) is 15.8 Å². The molecule has 0 aliphatic carbocycles. The fourth-order valence-electron chi connectivity index (χ4n) is 2.29. The second-order valence-corrected chi connectivity index (χ2v) is 6.83. The molecule has 4 rings (SSSR count). The second-order valence-electron chi connectivity index (χ2n) is 4.97. The largest absolute Gasteiger partial charge is 0.212 e. The van der Waals surface area contributed by atoms with Crippen molar-refractivity contribution in [2.75, 3.05) is 5.75 Å². The van der Waals surface area contributed by atoms with Gasteiger partial charge >= 0.3 is 0 Å². The lowest BCUT2D eigenvalue weighted by Crippen LogP contribution is -2.13. The van der Waals surface area contributed by atoms with Crippen molar-refractivity contribution in [2.45, 2.75) is 5.16 Å². The Hall–Kier alpha value is -1.99. The van der Waals surface area contributed by atoms with Crippen LogP contribution in [0.1, 0.15) is 5.56 Å². The van der Waals surface area contributed by atoms with E-state index in [4.69, 9.17) is 0 Å². The number of aromatic nitrogens is 3. The summed E-state index contributed by atoms with van der Waals surface area (Å²) in [7, 11) is 0. The van der Waals surface area contributed by atoms with Crippen molar-refractivity contribution in [2.24, 2.45) is 5.10 Å². The summed E-state index contributed by atoms with van der Waals surface area (Å²) in [5, 5.41) is 13.8. The summed E-state index contributed by atoms with van der Waals surface area (Å²) in [6, 6.07) is 14.2. The minimum Gasteiger partial charge on any atom is -0.207 e. The molecule has 4 nitrogen and oxygen atoms in total. The smallest absolute Gasteiger partial charge is 0.207 e. The molecule has 0 atom stereocenters. The van der Waals surface area contributed by atoms with Crippen LogP contribution in [0.5, 0.6) is 0 Å². The highest BCUT2D eigenvalue weighted by Crippen LogP contribution is 2.28. The number of hydrogen-bond donors (Lipinski definition) is 0. The van der Waals surface area contributed by atoms with Crippen molar-refractivity contribution >= 4 is 33.4 Å². The summed E-state index contributed by atoms with van der Waals surface area (Å²) >= 11 is 5.02. The van der Waals surface area contributed by atoms with E-state index in [0.717, 1.165) is 32.2 Å². The van der Waals surface area contributed by atoms with Crippen LogP contribution in [-0.2, 0) is 0 Å². The van der Waals surface area contributed by atoms with Gasteiger partial charge in [0.2, 0.25) is 5.16 Å². The predicted octanol–water partition coefficient (Wildman–Crippen LogP) is 4.20. The molecule has 0 fully saturated rings. The third-order valence-electron chi connectivity index (χ3n) is 3.45. The van der Waals surface area contributed by atoms with Crippen LogP contribution in [-0.4, -0.2) is 26.3 Å². The molecule has 23 heavy (non-hydrogen) atoms. The average molecular weight is 389 g/mol. The van der Waals surface area contributed by atoms with Crippen molar-refractivity contribution < 1.29 is 4.39 Å². The molecule has 2 aromatic carbocycles. The average Bonchev–Trinajstić information content (AvgIpc) is 2.99. The van der Waals surface area contributed by atoms with Gasteiger partial charge in [-0.2, -0.15) is 9.78 Å². The Morgan fingerprint density at radius 2 is 1.65 bits per heavy atom. The quantitative estimate of drug-likeness (QED) is 0.660. The first-order chi connectivity index (χ1) is 11.2. The van der Waals surface area contributed by atoms with Gasteiger partial charge in [0.25, 0.3) is 0 Å². The minimum absolute atomic E-state index is 0.277. The zero-order valence-corrected chi connectivity index (χ0v) is 14.2. The molecule has 3 aromatic rings. The number of halogens is 2. The van der Waals surface area contributed by atoms with Crippen LogP contribution in [0.3, 0.4) is 0 Å². The Labute approximate surface area is 144 Å². The fourth-order valence-corrected chi connectivity index (χ4v) is 3.39. The van der Waals surface area contributed by atoms with E-state index in [1.54, 1.807) is 28.6 Å². The zero-order valence-electron chi connectivity index (χ0n) is 11.8. The lowest BCUT2D eigenvalue weighted by Gasteiger charge is -2.14. The first kappa shape index (κ1) is 14.6. The monoisotopic (exact) mass is 388 g/mol. The van der Waals surface area contributed by atoms with E-state index in [9.17, 15) is 4.39 Å². The van der Waals surface area contributed by atoms with Crippen LogP contribution in [0, 0.1) is 5.82 Å². The summed E-state index contributed by atoms with van der Waals surface area (Å²) in [6.45, 7) is 0. The topological polar surface area (TPSA) is 43.1 Å². The summed E-state index contributed by atoms with van der Waals surface area (Å²) < 4.78 is 15.9. The van der Waals surface area contributed by atoms with Crippen molar-refractivity contribution in [1.29, 1.82) is 0 Å². The molecular weight excluding hydrogens is 379 g/mol. The maximum atomic E-state index is 13.1. The number of hydrogen-bond acceptors (Lipinski definition) is 4. The van der Waals surface area contributed by atoms with Crippen LogP contribution in [0.4, 0.5) is 4.39 Å². The van der Waals surface area contributed by atoms with Gasteiger partial charge < -0.3 is 0 Å². The standard InChI is InChI=1S/C16H10BrFN4S/c17-12-5-1-10(2-6-12)14-9-23-16-20-19-15(22(16)21-14)11-3-7-13(18)8-4-11/h1-8H,9H2. The van der Waals surface area contributed by atoms with E-state index >= 15 is 0 Å². The fraction of sp³-hybridized carbons (Fsp3) is 0.0625. The number of rotatable bonds is 2. The molecule has 0 saturated heterocycles. The number of nitrogens with zero attached hydrogens (tertiary/aromatic N) is 4. The Balaban J connectivity index is 1.77. The molecule has 0 bridgehead atoms.